The van der Waals surface area contributed by atoms with Gasteiger partial charge in [-0.3, -0.25) is 9.10 Å². The highest BCUT2D eigenvalue weighted by atomic mass is 32.2. The van der Waals surface area contributed by atoms with E-state index in [-0.39, 0.29) is 23.3 Å². The number of carbonyl (C=O) groups excluding carboxylic acids is 1. The Balaban J connectivity index is 2.09. The summed E-state index contributed by atoms with van der Waals surface area (Å²) in [5, 5.41) is 2.89. The summed E-state index contributed by atoms with van der Waals surface area (Å²) >= 11 is 0. The Labute approximate surface area is 189 Å². The first-order valence-corrected chi connectivity index (χ1v) is 11.8. The Hall–Kier alpha value is -3.32. The number of benzene rings is 3. The van der Waals surface area contributed by atoms with Crippen LogP contribution in [0.1, 0.15) is 29.8 Å². The highest BCUT2D eigenvalue weighted by Crippen LogP contribution is 2.30. The molecule has 0 aliphatic rings. The molecule has 0 unspecified atom stereocenters. The van der Waals surface area contributed by atoms with E-state index in [0.29, 0.717) is 23.5 Å². The fraction of sp³-hybridized carbons (Fsp3) is 0.240. The molecule has 0 bridgehead atoms. The number of methoxy groups -OCH3 is 1. The van der Waals surface area contributed by atoms with E-state index in [1.807, 2.05) is 44.2 Å². The molecular weight excluding hydrogens is 424 g/mol. The molecule has 7 heteroatoms. The average Bonchev–Trinajstić information content (AvgIpc) is 2.81. The highest BCUT2D eigenvalue weighted by molar-refractivity contribution is 7.92. The minimum Gasteiger partial charge on any atom is -0.497 e. The molecule has 0 aliphatic heterocycles. The Morgan fingerprint density at radius 2 is 1.56 bits per heavy atom. The van der Waals surface area contributed by atoms with E-state index < -0.39 is 10.0 Å². The lowest BCUT2D eigenvalue weighted by Gasteiger charge is -2.27. The van der Waals surface area contributed by atoms with E-state index >= 15 is 0 Å². The van der Waals surface area contributed by atoms with Gasteiger partial charge in [-0.15, -0.1) is 0 Å². The molecule has 1 amide bonds. The summed E-state index contributed by atoms with van der Waals surface area (Å²) in [6.45, 7) is 4.59. The molecule has 32 heavy (non-hydrogen) atoms. The molecule has 0 fully saturated rings. The number of hydrogen-bond acceptors (Lipinski definition) is 4. The van der Waals surface area contributed by atoms with Crippen molar-refractivity contribution in [1.29, 1.82) is 0 Å². The van der Waals surface area contributed by atoms with E-state index in [1.54, 1.807) is 36.4 Å². The van der Waals surface area contributed by atoms with Gasteiger partial charge >= 0.3 is 0 Å². The van der Waals surface area contributed by atoms with Crippen LogP contribution >= 0.6 is 0 Å². The second kappa shape index (κ2) is 10.3. The lowest BCUT2D eigenvalue weighted by atomic mass is 10.1. The van der Waals surface area contributed by atoms with Gasteiger partial charge in [0.1, 0.15) is 5.75 Å². The minimum absolute atomic E-state index is 0.0870. The van der Waals surface area contributed by atoms with E-state index in [1.165, 1.54) is 23.5 Å². The summed E-state index contributed by atoms with van der Waals surface area (Å²) in [6, 6.07) is 22.3. The summed E-state index contributed by atoms with van der Waals surface area (Å²) in [5.41, 5.74) is 1.44. The Bertz CT molecular complexity index is 1140. The molecule has 0 radical (unpaired) electrons. The molecule has 168 valence electrons. The lowest BCUT2D eigenvalue weighted by molar-refractivity contribution is 0.0949. The summed E-state index contributed by atoms with van der Waals surface area (Å²) < 4.78 is 33.9. The fourth-order valence-electron chi connectivity index (χ4n) is 3.20. The maximum Gasteiger partial charge on any atom is 0.264 e. The molecule has 0 aromatic heterocycles. The molecular formula is C25H28N2O4S. The summed E-state index contributed by atoms with van der Waals surface area (Å²) in [4.78, 5) is 13.0. The predicted molar refractivity (Wildman–Crippen MR) is 126 cm³/mol. The smallest absolute Gasteiger partial charge is 0.264 e. The molecule has 0 atom stereocenters. The van der Waals surface area contributed by atoms with Crippen molar-refractivity contribution >= 4 is 21.6 Å². The van der Waals surface area contributed by atoms with E-state index in [2.05, 4.69) is 5.32 Å². The zero-order chi connectivity index (χ0) is 23.1. The second-order valence-electron chi connectivity index (χ2n) is 7.79. The van der Waals surface area contributed by atoms with Crippen molar-refractivity contribution in [3.63, 3.8) is 0 Å². The number of rotatable bonds is 9. The molecule has 0 saturated carbocycles. The highest BCUT2D eigenvalue weighted by Gasteiger charge is 2.28. The first-order chi connectivity index (χ1) is 15.3. The molecule has 3 aromatic carbocycles. The van der Waals surface area contributed by atoms with Crippen molar-refractivity contribution in [2.45, 2.75) is 25.3 Å². The zero-order valence-electron chi connectivity index (χ0n) is 18.5. The van der Waals surface area contributed by atoms with Gasteiger partial charge in [-0.05, 0) is 47.9 Å². The molecule has 3 aromatic rings. The van der Waals surface area contributed by atoms with Gasteiger partial charge in [0.2, 0.25) is 0 Å². The van der Waals surface area contributed by atoms with Crippen molar-refractivity contribution in [1.82, 2.24) is 5.32 Å². The van der Waals surface area contributed by atoms with Crippen LogP contribution in [0.2, 0.25) is 0 Å². The van der Waals surface area contributed by atoms with Crippen LogP contribution in [0, 0.1) is 5.92 Å². The van der Waals surface area contributed by atoms with Crippen molar-refractivity contribution in [2.24, 2.45) is 5.92 Å². The third-order valence-electron chi connectivity index (χ3n) is 4.90. The second-order valence-corrected chi connectivity index (χ2v) is 9.66. The SMILES string of the molecule is COc1ccc(S(=O)(=O)N(Cc2ccccc2)c2ccccc2C(=O)NCC(C)C)cc1. The van der Waals surface area contributed by atoms with E-state index in [0.717, 1.165) is 5.56 Å². The van der Waals surface area contributed by atoms with Gasteiger partial charge in [-0.2, -0.15) is 0 Å². The first-order valence-electron chi connectivity index (χ1n) is 10.4. The molecule has 0 saturated heterocycles. The van der Waals surface area contributed by atoms with Crippen LogP contribution in [0.3, 0.4) is 0 Å². The van der Waals surface area contributed by atoms with Gasteiger partial charge in [-0.25, -0.2) is 8.42 Å². The van der Waals surface area contributed by atoms with Crippen molar-refractivity contribution in [3.05, 3.63) is 90.0 Å². The third kappa shape index (κ3) is 5.48. The van der Waals surface area contributed by atoms with Gasteiger partial charge in [0.05, 0.1) is 29.8 Å². The van der Waals surface area contributed by atoms with Gasteiger partial charge < -0.3 is 10.1 Å². The maximum absolute atomic E-state index is 13.7. The number of nitrogens with one attached hydrogen (secondary N) is 1. The minimum atomic E-state index is -3.97. The molecule has 0 spiro atoms. The van der Waals surface area contributed by atoms with Gasteiger partial charge in [-0.1, -0.05) is 56.3 Å². The topological polar surface area (TPSA) is 75.7 Å². The summed E-state index contributed by atoms with van der Waals surface area (Å²) in [7, 11) is -2.44. The van der Waals surface area contributed by atoms with Gasteiger partial charge in [0.25, 0.3) is 15.9 Å². The van der Waals surface area contributed by atoms with Crippen LogP contribution in [0.25, 0.3) is 0 Å². The van der Waals surface area contributed by atoms with Gasteiger partial charge in [0.15, 0.2) is 0 Å². The van der Waals surface area contributed by atoms with Crippen LogP contribution in [0.5, 0.6) is 5.75 Å². The number of sulfonamides is 1. The molecule has 0 heterocycles. The Morgan fingerprint density at radius 1 is 0.938 bits per heavy atom. The van der Waals surface area contributed by atoms with E-state index in [4.69, 9.17) is 4.74 Å². The Morgan fingerprint density at radius 3 is 2.19 bits per heavy atom. The van der Waals surface area contributed by atoms with Crippen molar-refractivity contribution in [3.8, 4) is 5.75 Å². The lowest BCUT2D eigenvalue weighted by Crippen LogP contribution is -2.34. The van der Waals surface area contributed by atoms with E-state index in [9.17, 15) is 13.2 Å². The maximum atomic E-state index is 13.7. The van der Waals surface area contributed by atoms with Crippen LogP contribution < -0.4 is 14.4 Å². The van der Waals surface area contributed by atoms with Crippen molar-refractivity contribution < 1.29 is 17.9 Å². The molecule has 3 rings (SSSR count). The molecule has 0 aliphatic carbocycles. The quantitative estimate of drug-likeness (QED) is 0.520. The number of hydrogen-bond donors (Lipinski definition) is 1. The number of ether oxygens (including phenoxy) is 1. The number of carbonyl (C=O) groups is 1. The largest absolute Gasteiger partial charge is 0.497 e. The molecule has 1 N–H and O–H groups in total. The van der Waals surface area contributed by atoms with Gasteiger partial charge in [0, 0.05) is 6.54 Å². The Kier molecular flexibility index (Phi) is 7.53. The first kappa shape index (κ1) is 23.3. The van der Waals surface area contributed by atoms with Crippen LogP contribution in [-0.2, 0) is 16.6 Å². The number of para-hydroxylation sites is 1. The predicted octanol–water partition coefficient (Wildman–Crippen LogP) is 4.48. The standard InChI is InChI=1S/C25H28N2O4S/c1-19(2)17-26-25(28)23-11-7-8-12-24(23)27(18-20-9-5-4-6-10-20)32(29,30)22-15-13-21(31-3)14-16-22/h4-16,19H,17-18H2,1-3H3,(H,26,28). The summed E-state index contributed by atoms with van der Waals surface area (Å²) in [5.74, 6) is 0.527. The summed E-state index contributed by atoms with van der Waals surface area (Å²) in [6.07, 6.45) is 0. The fourth-order valence-corrected chi connectivity index (χ4v) is 4.67. The van der Waals surface area contributed by atoms with Crippen molar-refractivity contribution in [2.75, 3.05) is 18.0 Å². The normalized spacial score (nSPS) is 11.2. The van der Waals surface area contributed by atoms with Crippen LogP contribution in [0.15, 0.2) is 83.8 Å². The third-order valence-corrected chi connectivity index (χ3v) is 6.68. The number of amides is 1. The number of nitrogens with zero attached hydrogens (tertiary/aromatic N) is 1. The van der Waals surface area contributed by atoms with Crippen LogP contribution in [-0.4, -0.2) is 28.0 Å². The zero-order valence-corrected chi connectivity index (χ0v) is 19.3. The van der Waals surface area contributed by atoms with Crippen LogP contribution in [0.4, 0.5) is 5.69 Å². The number of anilines is 1. The molecule has 6 nitrogen and oxygen atoms in total. The average molecular weight is 453 g/mol. The monoisotopic (exact) mass is 452 g/mol.